The number of thiophene rings is 1. The summed E-state index contributed by atoms with van der Waals surface area (Å²) in [5.41, 5.74) is 0.0234. The van der Waals surface area contributed by atoms with Gasteiger partial charge in [-0.2, -0.15) is 0 Å². The van der Waals surface area contributed by atoms with Gasteiger partial charge in [-0.05, 0) is 61.9 Å². The number of carbonyl (C=O) groups is 4. The predicted octanol–water partition coefficient (Wildman–Crippen LogP) is 2.83. The van der Waals surface area contributed by atoms with Crippen molar-refractivity contribution in [3.05, 3.63) is 52.1 Å². The van der Waals surface area contributed by atoms with E-state index in [1.165, 1.54) is 30.6 Å². The fourth-order valence-electron chi connectivity index (χ4n) is 4.42. The van der Waals surface area contributed by atoms with Crippen LogP contribution >= 0.6 is 11.3 Å². The third-order valence-electron chi connectivity index (χ3n) is 6.42. The van der Waals surface area contributed by atoms with Crippen LogP contribution in [0.5, 0.6) is 0 Å². The molecular formula is C24H27N3O5S. The van der Waals surface area contributed by atoms with E-state index in [1.54, 1.807) is 30.3 Å². The molecule has 0 bridgehead atoms. The van der Waals surface area contributed by atoms with Crippen molar-refractivity contribution in [2.75, 3.05) is 32.7 Å². The molecular weight excluding hydrogens is 442 g/mol. The Morgan fingerprint density at radius 3 is 2.39 bits per heavy atom. The fourth-order valence-corrected chi connectivity index (χ4v) is 5.28. The van der Waals surface area contributed by atoms with Gasteiger partial charge < -0.3 is 19.5 Å². The van der Waals surface area contributed by atoms with Crippen molar-refractivity contribution < 1.29 is 23.6 Å². The van der Waals surface area contributed by atoms with E-state index in [2.05, 4.69) is 5.32 Å². The molecule has 2 aliphatic heterocycles. The second-order valence-corrected chi connectivity index (χ2v) is 9.73. The Balaban J connectivity index is 1.23. The van der Waals surface area contributed by atoms with E-state index in [4.69, 9.17) is 4.42 Å². The number of amides is 3. The van der Waals surface area contributed by atoms with Gasteiger partial charge in [0, 0.05) is 32.3 Å². The highest BCUT2D eigenvalue weighted by Gasteiger charge is 2.42. The van der Waals surface area contributed by atoms with Gasteiger partial charge >= 0.3 is 0 Å². The molecule has 4 rings (SSSR count). The summed E-state index contributed by atoms with van der Waals surface area (Å²) in [6.07, 6.45) is 7.00. The Morgan fingerprint density at radius 1 is 1.06 bits per heavy atom. The van der Waals surface area contributed by atoms with Crippen molar-refractivity contribution in [3.8, 4) is 0 Å². The minimum Gasteiger partial charge on any atom is -0.465 e. The van der Waals surface area contributed by atoms with E-state index in [1.807, 2.05) is 9.80 Å². The van der Waals surface area contributed by atoms with Crippen LogP contribution in [0.4, 0.5) is 0 Å². The molecule has 2 aromatic heterocycles. The molecule has 1 spiro atoms. The molecule has 0 unspecified atom stereocenters. The molecule has 0 aromatic carbocycles. The van der Waals surface area contributed by atoms with Crippen molar-refractivity contribution in [3.63, 3.8) is 0 Å². The first-order valence-corrected chi connectivity index (χ1v) is 11.8. The van der Waals surface area contributed by atoms with E-state index in [9.17, 15) is 19.2 Å². The summed E-state index contributed by atoms with van der Waals surface area (Å²) in [5, 5.41) is 2.63. The molecule has 1 N–H and O–H groups in total. The number of hydrogen-bond acceptors (Lipinski definition) is 6. The van der Waals surface area contributed by atoms with E-state index in [-0.39, 0.29) is 35.5 Å². The smallest absolute Gasteiger partial charge is 0.263 e. The van der Waals surface area contributed by atoms with Crippen LogP contribution in [0.25, 0.3) is 6.08 Å². The number of Topliss-reactive ketones (excluding diaryl/α,β-unsaturated/α-hetero) is 1. The summed E-state index contributed by atoms with van der Waals surface area (Å²) in [4.78, 5) is 53.7. The summed E-state index contributed by atoms with van der Waals surface area (Å²) < 4.78 is 5.13. The Hall–Kier alpha value is -3.20. The molecule has 8 nitrogen and oxygen atoms in total. The van der Waals surface area contributed by atoms with Gasteiger partial charge in [-0.25, -0.2) is 0 Å². The molecule has 3 amide bonds. The number of likely N-dealkylation sites (tertiary alicyclic amines) is 2. The SMILES string of the molecule is CC(=O)c1ccc(C(=O)N2CCC3(CCN(C(=O)CNC(=O)/C=C\c4ccco4)C3)CC2)s1. The Morgan fingerprint density at radius 2 is 1.76 bits per heavy atom. The second kappa shape index (κ2) is 9.74. The maximum atomic E-state index is 12.8. The van der Waals surface area contributed by atoms with Gasteiger partial charge in [0.2, 0.25) is 11.8 Å². The lowest BCUT2D eigenvalue weighted by Gasteiger charge is -2.39. The largest absolute Gasteiger partial charge is 0.465 e. The zero-order chi connectivity index (χ0) is 23.4. The van der Waals surface area contributed by atoms with Crippen LogP contribution in [0, 0.1) is 5.41 Å². The van der Waals surface area contributed by atoms with Crippen molar-refractivity contribution in [2.24, 2.45) is 5.41 Å². The summed E-state index contributed by atoms with van der Waals surface area (Å²) >= 11 is 1.24. The molecule has 0 atom stereocenters. The van der Waals surface area contributed by atoms with Crippen LogP contribution in [0.15, 0.2) is 41.0 Å². The van der Waals surface area contributed by atoms with Gasteiger partial charge in [0.15, 0.2) is 5.78 Å². The molecule has 9 heteroatoms. The number of nitrogens with zero attached hydrogens (tertiary/aromatic N) is 2. The monoisotopic (exact) mass is 469 g/mol. The first kappa shape index (κ1) is 23.0. The Labute approximate surface area is 196 Å². The summed E-state index contributed by atoms with van der Waals surface area (Å²) in [5.74, 6) is 0.0688. The summed E-state index contributed by atoms with van der Waals surface area (Å²) in [7, 11) is 0. The predicted molar refractivity (Wildman–Crippen MR) is 124 cm³/mol. The third-order valence-corrected chi connectivity index (χ3v) is 7.60. The molecule has 33 heavy (non-hydrogen) atoms. The lowest BCUT2D eigenvalue weighted by Crippen LogP contribution is -2.45. The molecule has 2 fully saturated rings. The summed E-state index contributed by atoms with van der Waals surface area (Å²) in [6, 6.07) is 6.90. The van der Waals surface area contributed by atoms with Crippen molar-refractivity contribution in [2.45, 2.75) is 26.2 Å². The number of hydrogen-bond donors (Lipinski definition) is 1. The highest BCUT2D eigenvalue weighted by molar-refractivity contribution is 7.15. The van der Waals surface area contributed by atoms with Crippen LogP contribution in [-0.4, -0.2) is 66.0 Å². The van der Waals surface area contributed by atoms with Crippen molar-refractivity contribution in [1.82, 2.24) is 15.1 Å². The number of nitrogens with one attached hydrogen (secondary N) is 1. The first-order chi connectivity index (χ1) is 15.8. The number of ketones is 1. The van der Waals surface area contributed by atoms with Crippen LogP contribution in [0.2, 0.25) is 0 Å². The van der Waals surface area contributed by atoms with Gasteiger partial charge in [-0.3, -0.25) is 19.2 Å². The average molecular weight is 470 g/mol. The van der Waals surface area contributed by atoms with Crippen molar-refractivity contribution >= 4 is 40.9 Å². The van der Waals surface area contributed by atoms with E-state index >= 15 is 0 Å². The molecule has 4 heterocycles. The van der Waals surface area contributed by atoms with Crippen LogP contribution in [-0.2, 0) is 9.59 Å². The highest BCUT2D eigenvalue weighted by atomic mass is 32.1. The molecule has 174 valence electrons. The fraction of sp³-hybridized carbons (Fsp3) is 0.417. The van der Waals surface area contributed by atoms with E-state index in [0.717, 1.165) is 19.3 Å². The summed E-state index contributed by atoms with van der Waals surface area (Å²) in [6.45, 7) is 4.06. The van der Waals surface area contributed by atoms with Gasteiger partial charge in [-0.1, -0.05) is 0 Å². The van der Waals surface area contributed by atoms with Crippen LogP contribution in [0.3, 0.4) is 0 Å². The Kier molecular flexibility index (Phi) is 6.78. The molecule has 0 aliphatic carbocycles. The maximum Gasteiger partial charge on any atom is 0.263 e. The van der Waals surface area contributed by atoms with Gasteiger partial charge in [0.1, 0.15) is 5.76 Å². The normalized spacial score (nSPS) is 17.6. The lowest BCUT2D eigenvalue weighted by atomic mass is 9.78. The minimum atomic E-state index is -0.345. The molecule has 0 saturated carbocycles. The maximum absolute atomic E-state index is 12.8. The number of carbonyl (C=O) groups excluding carboxylic acids is 4. The molecule has 2 aromatic rings. The second-order valence-electron chi connectivity index (χ2n) is 8.64. The molecule has 2 aliphatic rings. The minimum absolute atomic E-state index is 0.0234. The topological polar surface area (TPSA) is 99.9 Å². The van der Waals surface area contributed by atoms with Gasteiger partial charge in [-0.15, -0.1) is 11.3 Å². The number of rotatable bonds is 6. The average Bonchev–Trinajstić information content (AvgIpc) is 3.57. The standard InChI is InChI=1S/C24H27N3O5S/c1-17(28)19-5-6-20(33-19)23(31)26-11-8-24(9-12-26)10-13-27(16-24)22(30)15-25-21(29)7-4-18-3-2-14-32-18/h2-7,14H,8-13,15-16H2,1H3,(H,25,29)/b7-4-. The highest BCUT2D eigenvalue weighted by Crippen LogP contribution is 2.40. The zero-order valence-electron chi connectivity index (χ0n) is 18.5. The Bertz CT molecular complexity index is 1060. The van der Waals surface area contributed by atoms with Crippen LogP contribution < -0.4 is 5.32 Å². The lowest BCUT2D eigenvalue weighted by molar-refractivity contribution is -0.131. The molecule has 0 radical (unpaired) electrons. The third kappa shape index (κ3) is 5.42. The van der Waals surface area contributed by atoms with E-state index < -0.39 is 0 Å². The van der Waals surface area contributed by atoms with Gasteiger partial charge in [0.05, 0.1) is 22.6 Å². The van der Waals surface area contributed by atoms with Crippen LogP contribution in [0.1, 0.15) is 51.3 Å². The molecule has 2 saturated heterocycles. The quantitative estimate of drug-likeness (QED) is 0.518. The van der Waals surface area contributed by atoms with Gasteiger partial charge in [0.25, 0.3) is 5.91 Å². The number of furan rings is 1. The van der Waals surface area contributed by atoms with Crippen molar-refractivity contribution in [1.29, 1.82) is 0 Å². The number of piperidine rings is 1. The zero-order valence-corrected chi connectivity index (χ0v) is 19.4. The first-order valence-electron chi connectivity index (χ1n) is 11.0. The van der Waals surface area contributed by atoms with E-state index in [0.29, 0.717) is 41.7 Å².